The van der Waals surface area contributed by atoms with Crippen LogP contribution in [0.2, 0.25) is 0 Å². The second kappa shape index (κ2) is 7.86. The summed E-state index contributed by atoms with van der Waals surface area (Å²) in [4.78, 5) is 12.4. The van der Waals surface area contributed by atoms with Gasteiger partial charge >= 0.3 is 0 Å². The first kappa shape index (κ1) is 17.7. The topological polar surface area (TPSA) is 99.2 Å². The summed E-state index contributed by atoms with van der Waals surface area (Å²) < 4.78 is 23.1. The van der Waals surface area contributed by atoms with Crippen LogP contribution in [-0.2, 0) is 16.3 Å². The minimum Gasteiger partial charge on any atom is -0.357 e. The van der Waals surface area contributed by atoms with Gasteiger partial charge in [-0.25, -0.2) is 13.4 Å². The van der Waals surface area contributed by atoms with E-state index in [0.29, 0.717) is 18.9 Å². The van der Waals surface area contributed by atoms with Crippen LogP contribution < -0.4 is 10.6 Å². The number of hydrogen-bond donors (Lipinski definition) is 3. The van der Waals surface area contributed by atoms with Crippen LogP contribution in [0.15, 0.2) is 29.3 Å². The number of rotatable bonds is 6. The van der Waals surface area contributed by atoms with Crippen molar-refractivity contribution in [3.05, 3.63) is 30.1 Å². The fraction of sp³-hybridized carbons (Fsp3) is 0.529. The normalized spacial score (nSPS) is 20.0. The number of sulfone groups is 1. The molecule has 1 fully saturated rings. The van der Waals surface area contributed by atoms with Crippen LogP contribution in [0.1, 0.15) is 25.6 Å². The molecule has 0 bridgehead atoms. The monoisotopic (exact) mass is 363 g/mol. The number of para-hydroxylation sites is 2. The van der Waals surface area contributed by atoms with Crippen LogP contribution in [0.5, 0.6) is 0 Å². The van der Waals surface area contributed by atoms with Gasteiger partial charge in [0.15, 0.2) is 15.8 Å². The first-order valence-corrected chi connectivity index (χ1v) is 10.6. The van der Waals surface area contributed by atoms with Crippen molar-refractivity contribution >= 4 is 26.8 Å². The average molecular weight is 363 g/mol. The highest BCUT2D eigenvalue weighted by molar-refractivity contribution is 7.91. The van der Waals surface area contributed by atoms with E-state index in [4.69, 9.17) is 0 Å². The number of aliphatic imine (C=N–C) groups is 1. The summed E-state index contributed by atoms with van der Waals surface area (Å²) in [5.74, 6) is 2.11. The van der Waals surface area contributed by atoms with E-state index < -0.39 is 9.84 Å². The molecular formula is C17H25N5O2S. The van der Waals surface area contributed by atoms with Gasteiger partial charge in [-0.15, -0.1) is 0 Å². The lowest BCUT2D eigenvalue weighted by atomic mass is 10.3. The van der Waals surface area contributed by atoms with Crippen LogP contribution in [0.3, 0.4) is 0 Å². The lowest BCUT2D eigenvalue weighted by Crippen LogP contribution is -2.44. The first-order valence-electron chi connectivity index (χ1n) is 8.74. The summed E-state index contributed by atoms with van der Waals surface area (Å²) in [6, 6.07) is 7.95. The fourth-order valence-corrected chi connectivity index (χ4v) is 4.66. The number of imidazole rings is 1. The van der Waals surface area contributed by atoms with Gasteiger partial charge in [0.05, 0.1) is 22.5 Å². The Balaban J connectivity index is 1.51. The van der Waals surface area contributed by atoms with E-state index in [2.05, 4.69) is 25.6 Å². The van der Waals surface area contributed by atoms with Gasteiger partial charge < -0.3 is 15.6 Å². The molecule has 1 atom stereocenters. The van der Waals surface area contributed by atoms with E-state index in [1.54, 1.807) is 0 Å². The molecule has 0 aliphatic carbocycles. The average Bonchev–Trinajstić information content (AvgIpc) is 3.14. The predicted molar refractivity (Wildman–Crippen MR) is 101 cm³/mol. The smallest absolute Gasteiger partial charge is 0.191 e. The molecule has 0 radical (unpaired) electrons. The van der Waals surface area contributed by atoms with Crippen LogP contribution in [0.4, 0.5) is 0 Å². The number of aromatic amines is 1. The highest BCUT2D eigenvalue weighted by Gasteiger charge is 2.28. The molecule has 136 valence electrons. The molecule has 3 rings (SSSR count). The molecule has 7 nitrogen and oxygen atoms in total. The number of benzene rings is 1. The maximum absolute atomic E-state index is 11.6. The standard InChI is InChI=1S/C17H25N5O2S/c1-2-18-17(20-13-9-11-25(23,24)12-13)19-10-5-8-16-21-14-6-3-4-7-15(14)22-16/h3-4,6-7,13H,2,5,8-12H2,1H3,(H,21,22)(H2,18,19,20). The van der Waals surface area contributed by atoms with E-state index in [-0.39, 0.29) is 17.5 Å². The van der Waals surface area contributed by atoms with Crippen molar-refractivity contribution in [2.75, 3.05) is 24.6 Å². The van der Waals surface area contributed by atoms with Crippen LogP contribution >= 0.6 is 0 Å². The molecule has 2 heterocycles. The second-order valence-electron chi connectivity index (χ2n) is 6.31. The summed E-state index contributed by atoms with van der Waals surface area (Å²) >= 11 is 0. The number of aromatic nitrogens is 2. The number of aryl methyl sites for hydroxylation is 1. The zero-order valence-electron chi connectivity index (χ0n) is 14.5. The molecule has 1 aliphatic rings. The fourth-order valence-electron chi connectivity index (χ4n) is 2.98. The third-order valence-corrected chi connectivity index (χ3v) is 5.97. The maximum Gasteiger partial charge on any atom is 0.191 e. The number of H-pyrrole nitrogens is 1. The molecule has 1 unspecified atom stereocenters. The Bertz CT molecular complexity index is 811. The van der Waals surface area contributed by atoms with Crippen molar-refractivity contribution in [2.45, 2.75) is 32.2 Å². The Morgan fingerprint density at radius 1 is 1.40 bits per heavy atom. The van der Waals surface area contributed by atoms with E-state index in [0.717, 1.165) is 36.2 Å². The molecule has 25 heavy (non-hydrogen) atoms. The number of nitrogens with zero attached hydrogens (tertiary/aromatic N) is 2. The SMILES string of the molecule is CCNC(=NCCCc1nc2ccccc2[nH]1)NC1CCS(=O)(=O)C1. The van der Waals surface area contributed by atoms with E-state index in [1.165, 1.54) is 0 Å². The zero-order chi connectivity index (χ0) is 17.7. The molecule has 1 saturated heterocycles. The Kier molecular flexibility index (Phi) is 5.57. The third kappa shape index (κ3) is 4.94. The van der Waals surface area contributed by atoms with Crippen LogP contribution in [-0.4, -0.2) is 55.0 Å². The third-order valence-electron chi connectivity index (χ3n) is 4.20. The Labute approximate surface area is 148 Å². The molecule has 1 aromatic carbocycles. The van der Waals surface area contributed by atoms with E-state index >= 15 is 0 Å². The first-order chi connectivity index (χ1) is 12.1. The molecule has 1 aliphatic heterocycles. The second-order valence-corrected chi connectivity index (χ2v) is 8.54. The van der Waals surface area contributed by atoms with Gasteiger partial charge in [-0.3, -0.25) is 4.99 Å². The summed E-state index contributed by atoms with van der Waals surface area (Å²) in [6.45, 7) is 3.40. The number of nitrogens with one attached hydrogen (secondary N) is 3. The lowest BCUT2D eigenvalue weighted by molar-refractivity contribution is 0.599. The van der Waals surface area contributed by atoms with Crippen molar-refractivity contribution in [3.63, 3.8) is 0 Å². The molecule has 3 N–H and O–H groups in total. The van der Waals surface area contributed by atoms with Gasteiger partial charge in [0.2, 0.25) is 0 Å². The van der Waals surface area contributed by atoms with E-state index in [9.17, 15) is 8.42 Å². The van der Waals surface area contributed by atoms with Gasteiger partial charge in [0.1, 0.15) is 5.82 Å². The van der Waals surface area contributed by atoms with Gasteiger partial charge in [-0.1, -0.05) is 12.1 Å². The van der Waals surface area contributed by atoms with Crippen molar-refractivity contribution in [1.29, 1.82) is 0 Å². The van der Waals surface area contributed by atoms with Gasteiger partial charge in [0.25, 0.3) is 0 Å². The molecule has 2 aromatic rings. The minimum atomic E-state index is -2.89. The van der Waals surface area contributed by atoms with Crippen molar-refractivity contribution in [1.82, 2.24) is 20.6 Å². The molecular weight excluding hydrogens is 338 g/mol. The lowest BCUT2D eigenvalue weighted by Gasteiger charge is -2.15. The van der Waals surface area contributed by atoms with Gasteiger partial charge in [-0.05, 0) is 31.9 Å². The van der Waals surface area contributed by atoms with Gasteiger partial charge in [-0.2, -0.15) is 0 Å². The summed E-state index contributed by atoms with van der Waals surface area (Å²) in [6.07, 6.45) is 2.35. The van der Waals surface area contributed by atoms with Crippen LogP contribution in [0, 0.1) is 0 Å². The highest BCUT2D eigenvalue weighted by Crippen LogP contribution is 2.12. The zero-order valence-corrected chi connectivity index (χ0v) is 15.3. The molecule has 0 amide bonds. The Morgan fingerprint density at radius 2 is 2.24 bits per heavy atom. The van der Waals surface area contributed by atoms with E-state index in [1.807, 2.05) is 31.2 Å². The largest absolute Gasteiger partial charge is 0.357 e. The molecule has 0 saturated carbocycles. The van der Waals surface area contributed by atoms with Crippen molar-refractivity contribution in [2.24, 2.45) is 4.99 Å². The number of guanidine groups is 1. The minimum absolute atomic E-state index is 0.0434. The quantitative estimate of drug-likeness (QED) is 0.407. The van der Waals surface area contributed by atoms with Crippen molar-refractivity contribution in [3.8, 4) is 0 Å². The highest BCUT2D eigenvalue weighted by atomic mass is 32.2. The Morgan fingerprint density at radius 3 is 2.96 bits per heavy atom. The number of fused-ring (bicyclic) bond motifs is 1. The Hall–Kier alpha value is -2.09. The maximum atomic E-state index is 11.6. The van der Waals surface area contributed by atoms with Crippen LogP contribution in [0.25, 0.3) is 11.0 Å². The van der Waals surface area contributed by atoms with Gasteiger partial charge in [0, 0.05) is 25.6 Å². The van der Waals surface area contributed by atoms with Crippen molar-refractivity contribution < 1.29 is 8.42 Å². The number of hydrogen-bond acceptors (Lipinski definition) is 4. The summed E-state index contributed by atoms with van der Waals surface area (Å²) in [7, 11) is -2.89. The predicted octanol–water partition coefficient (Wildman–Crippen LogP) is 1.24. The molecule has 1 aromatic heterocycles. The molecule has 0 spiro atoms. The summed E-state index contributed by atoms with van der Waals surface area (Å²) in [5, 5.41) is 6.41. The summed E-state index contributed by atoms with van der Waals surface area (Å²) in [5.41, 5.74) is 2.04. The molecule has 8 heteroatoms.